The van der Waals surface area contributed by atoms with Gasteiger partial charge in [-0.15, -0.1) is 0 Å². The van der Waals surface area contributed by atoms with Gasteiger partial charge < -0.3 is 26.2 Å². The van der Waals surface area contributed by atoms with Gasteiger partial charge in [0.05, 0.1) is 11.6 Å². The zero-order valence-corrected chi connectivity index (χ0v) is 20.2. The monoisotopic (exact) mass is 484 g/mol. The molecule has 0 aromatic heterocycles. The van der Waals surface area contributed by atoms with Crippen molar-refractivity contribution in [1.82, 2.24) is 4.90 Å². The molecular weight excluding hydrogens is 452 g/mol. The van der Waals surface area contributed by atoms with Crippen LogP contribution in [0.1, 0.15) is 49.3 Å². The van der Waals surface area contributed by atoms with E-state index in [0.717, 1.165) is 36.8 Å². The van der Waals surface area contributed by atoms with Crippen LogP contribution in [0, 0.1) is 11.8 Å². The molecule has 0 spiro atoms. The van der Waals surface area contributed by atoms with E-state index in [1.54, 1.807) is 14.1 Å². The van der Waals surface area contributed by atoms with Crippen molar-refractivity contribution in [1.29, 1.82) is 0 Å². The Balaban J connectivity index is 1.91. The lowest BCUT2D eigenvalue weighted by Gasteiger charge is -2.50. The summed E-state index contributed by atoms with van der Waals surface area (Å²) in [6.45, 7) is 2.10. The number of hydrogen-bond donors (Lipinski definition) is 5. The molecule has 0 radical (unpaired) electrons. The number of unbranched alkanes of at least 4 members (excludes halogenated alkanes) is 2. The smallest absolute Gasteiger partial charge is 0.255 e. The third-order valence-electron chi connectivity index (χ3n) is 7.75. The van der Waals surface area contributed by atoms with Crippen LogP contribution in [0.25, 0.3) is 5.76 Å². The predicted molar refractivity (Wildman–Crippen MR) is 127 cm³/mol. The number of aliphatic hydroxyl groups is 3. The van der Waals surface area contributed by atoms with Crippen molar-refractivity contribution in [2.45, 2.75) is 57.1 Å². The number of aliphatic hydroxyl groups excluding tert-OH is 2. The summed E-state index contributed by atoms with van der Waals surface area (Å²) in [6, 6.07) is 2.22. The molecule has 3 aliphatic rings. The molecule has 188 valence electrons. The Bertz CT molecular complexity index is 1180. The largest absolute Gasteiger partial charge is 0.508 e. The van der Waals surface area contributed by atoms with Crippen molar-refractivity contribution in [3.8, 4) is 5.75 Å². The average molecular weight is 485 g/mol. The molecule has 4 atom stereocenters. The number of ketones is 2. The van der Waals surface area contributed by atoms with Crippen molar-refractivity contribution in [3.63, 3.8) is 0 Å². The lowest BCUT2D eigenvalue weighted by Crippen LogP contribution is -2.65. The van der Waals surface area contributed by atoms with Gasteiger partial charge in [0.2, 0.25) is 5.78 Å². The standard InChI is InChI=1S/C26H32N2O7/c1-4-5-6-7-12-8-9-16(29)18-14(12)10-13-11-15-20(28(2)3)22(31)19(25(27)34)24(33)26(15,35)23(32)17(13)21(18)30/h8-9,13,15,20,29-30,33,35H,4-7,10-11H2,1-3H3,(H2,27,34)/t13-,15+,20-,26+/m1/s1. The number of nitrogens with zero attached hydrogens (tertiary/aromatic N) is 1. The lowest BCUT2D eigenvalue weighted by atomic mass is 9.57. The quantitative estimate of drug-likeness (QED) is 0.301. The first-order chi connectivity index (χ1) is 16.5. The van der Waals surface area contributed by atoms with Gasteiger partial charge >= 0.3 is 0 Å². The second-order valence-corrected chi connectivity index (χ2v) is 10.0. The molecule has 0 aliphatic heterocycles. The minimum Gasteiger partial charge on any atom is -0.508 e. The summed E-state index contributed by atoms with van der Waals surface area (Å²) >= 11 is 0. The molecule has 0 saturated heterocycles. The van der Waals surface area contributed by atoms with Crippen LogP contribution in [0.4, 0.5) is 0 Å². The first-order valence-corrected chi connectivity index (χ1v) is 11.9. The number of aromatic hydroxyl groups is 1. The number of phenolic OH excluding ortho intramolecular Hbond substituents is 1. The number of rotatable bonds is 6. The molecule has 0 unspecified atom stereocenters. The van der Waals surface area contributed by atoms with E-state index in [2.05, 4.69) is 6.92 Å². The van der Waals surface area contributed by atoms with Gasteiger partial charge in [0, 0.05) is 11.5 Å². The highest BCUT2D eigenvalue weighted by molar-refractivity contribution is 6.24. The van der Waals surface area contributed by atoms with Crippen molar-refractivity contribution < 1.29 is 34.8 Å². The van der Waals surface area contributed by atoms with E-state index in [1.807, 2.05) is 6.07 Å². The molecule has 1 amide bonds. The van der Waals surface area contributed by atoms with E-state index < -0.39 is 58.0 Å². The molecule has 0 heterocycles. The third-order valence-corrected chi connectivity index (χ3v) is 7.75. The van der Waals surface area contributed by atoms with Crippen LogP contribution in [0.3, 0.4) is 0 Å². The fourth-order valence-electron chi connectivity index (χ4n) is 6.11. The second-order valence-electron chi connectivity index (χ2n) is 10.0. The van der Waals surface area contributed by atoms with Gasteiger partial charge in [0.15, 0.2) is 11.4 Å². The highest BCUT2D eigenvalue weighted by Crippen LogP contribution is 2.53. The molecule has 9 heteroatoms. The number of benzene rings is 1. The maximum absolute atomic E-state index is 13.8. The first kappa shape index (κ1) is 24.9. The number of likely N-dealkylation sites (N-methyl/N-ethyl adjacent to an activating group) is 1. The van der Waals surface area contributed by atoms with E-state index in [-0.39, 0.29) is 23.3 Å². The zero-order chi connectivity index (χ0) is 25.8. The van der Waals surface area contributed by atoms with Gasteiger partial charge in [-0.25, -0.2) is 0 Å². The highest BCUT2D eigenvalue weighted by Gasteiger charge is 2.64. The number of primary amides is 1. The third kappa shape index (κ3) is 3.56. The van der Waals surface area contributed by atoms with Gasteiger partial charge in [0.1, 0.15) is 22.8 Å². The SMILES string of the molecule is CCCCCc1ccc(O)c2c1C[C@@H]1C[C@H]3[C@@H](N(C)C)C(=O)C(C(N)=O)=C(O)[C@@]3(O)C(=O)C1=C2O. The minimum absolute atomic E-state index is 0.0931. The van der Waals surface area contributed by atoms with E-state index in [4.69, 9.17) is 5.73 Å². The van der Waals surface area contributed by atoms with Crippen LogP contribution in [0.5, 0.6) is 5.75 Å². The average Bonchev–Trinajstić information content (AvgIpc) is 2.77. The summed E-state index contributed by atoms with van der Waals surface area (Å²) in [6.07, 6.45) is 4.16. The molecule has 1 aromatic carbocycles. The van der Waals surface area contributed by atoms with Crippen molar-refractivity contribution in [3.05, 3.63) is 45.7 Å². The molecule has 6 N–H and O–H groups in total. The second kappa shape index (κ2) is 8.80. The maximum atomic E-state index is 13.8. The molecule has 0 bridgehead atoms. The fraction of sp³-hybridized carbons (Fsp3) is 0.500. The van der Waals surface area contributed by atoms with Crippen molar-refractivity contribution in [2.75, 3.05) is 14.1 Å². The van der Waals surface area contributed by atoms with Crippen LogP contribution >= 0.6 is 0 Å². The zero-order valence-electron chi connectivity index (χ0n) is 20.2. The van der Waals surface area contributed by atoms with E-state index >= 15 is 0 Å². The Hall–Kier alpha value is -3.17. The molecule has 1 aromatic rings. The summed E-state index contributed by atoms with van der Waals surface area (Å²) in [4.78, 5) is 40.4. The summed E-state index contributed by atoms with van der Waals surface area (Å²) < 4.78 is 0. The number of aryl methyl sites for hydroxylation is 1. The molecule has 1 fully saturated rings. The van der Waals surface area contributed by atoms with Gasteiger partial charge in [-0.2, -0.15) is 0 Å². The normalized spacial score (nSPS) is 28.2. The number of nitrogens with two attached hydrogens (primary N) is 1. The number of phenols is 1. The van der Waals surface area contributed by atoms with E-state index in [1.165, 1.54) is 11.0 Å². The fourth-order valence-corrected chi connectivity index (χ4v) is 6.11. The van der Waals surface area contributed by atoms with Crippen LogP contribution in [-0.2, 0) is 27.2 Å². The minimum atomic E-state index is -2.61. The number of Topliss-reactive ketones (excluding diaryl/α,β-unsaturated/α-hetero) is 2. The van der Waals surface area contributed by atoms with Gasteiger partial charge in [-0.1, -0.05) is 25.8 Å². The summed E-state index contributed by atoms with van der Waals surface area (Å²) in [5.74, 6) is -6.33. The van der Waals surface area contributed by atoms with Gasteiger partial charge in [0.25, 0.3) is 5.91 Å². The Kier molecular flexibility index (Phi) is 6.27. The van der Waals surface area contributed by atoms with Crippen LogP contribution in [0.15, 0.2) is 29.0 Å². The van der Waals surface area contributed by atoms with E-state index in [0.29, 0.717) is 6.42 Å². The number of fused-ring (bicyclic) bond motifs is 3. The van der Waals surface area contributed by atoms with Crippen LogP contribution < -0.4 is 5.73 Å². The van der Waals surface area contributed by atoms with Crippen molar-refractivity contribution in [2.24, 2.45) is 17.6 Å². The Morgan fingerprint density at radius 3 is 2.46 bits per heavy atom. The molecule has 35 heavy (non-hydrogen) atoms. The number of hydrogen-bond acceptors (Lipinski definition) is 8. The predicted octanol–water partition coefficient (Wildman–Crippen LogP) is 1.70. The van der Waals surface area contributed by atoms with Gasteiger partial charge in [-0.05, 0) is 62.9 Å². The Labute approximate surface area is 203 Å². The number of amides is 1. The summed E-state index contributed by atoms with van der Waals surface area (Å²) in [7, 11) is 3.16. The number of carbonyl (C=O) groups is 3. The van der Waals surface area contributed by atoms with Crippen LogP contribution in [-0.4, -0.2) is 68.5 Å². The molecular formula is C26H32N2O7. The number of carbonyl (C=O) groups excluding carboxylic acids is 3. The Morgan fingerprint density at radius 2 is 1.86 bits per heavy atom. The maximum Gasteiger partial charge on any atom is 0.255 e. The summed E-state index contributed by atoms with van der Waals surface area (Å²) in [5.41, 5.74) is 3.64. The topological polar surface area (TPSA) is 161 Å². The van der Waals surface area contributed by atoms with Crippen LogP contribution in [0.2, 0.25) is 0 Å². The molecule has 9 nitrogen and oxygen atoms in total. The Morgan fingerprint density at radius 1 is 1.17 bits per heavy atom. The van der Waals surface area contributed by atoms with E-state index in [9.17, 15) is 34.8 Å². The van der Waals surface area contributed by atoms with Crippen molar-refractivity contribution >= 4 is 23.2 Å². The molecule has 4 rings (SSSR count). The summed E-state index contributed by atoms with van der Waals surface area (Å²) in [5, 5.41) is 44.2. The lowest BCUT2D eigenvalue weighted by molar-refractivity contribution is -0.153. The molecule has 1 saturated carbocycles. The van der Waals surface area contributed by atoms with Gasteiger partial charge in [-0.3, -0.25) is 19.3 Å². The first-order valence-electron chi connectivity index (χ1n) is 11.9. The molecule has 3 aliphatic carbocycles. The highest BCUT2D eigenvalue weighted by atomic mass is 16.3.